The summed E-state index contributed by atoms with van der Waals surface area (Å²) in [5.41, 5.74) is 1.69. The van der Waals surface area contributed by atoms with Gasteiger partial charge in [0.05, 0.1) is 13.1 Å². The Bertz CT molecular complexity index is 805. The first-order valence-electron chi connectivity index (χ1n) is 9.24. The standard InChI is InChI=1S/C21H26F2N4O2.HI/c1-27(2)19(28)15-26-21(24-13-12-16-8-4-3-5-9-16)25-14-17-10-6-7-11-18(17)29-20(22)23;/h3-11,20H,12-15H2,1-2H3,(H2,24,25,26);1H. The van der Waals surface area contributed by atoms with Crippen molar-refractivity contribution >= 4 is 35.8 Å². The normalized spacial score (nSPS) is 10.9. The fraction of sp³-hybridized carbons (Fsp3) is 0.333. The summed E-state index contributed by atoms with van der Waals surface area (Å²) < 4.78 is 29.7. The van der Waals surface area contributed by atoms with Crippen molar-refractivity contribution in [2.45, 2.75) is 19.6 Å². The lowest BCUT2D eigenvalue weighted by Gasteiger charge is -2.15. The lowest BCUT2D eigenvalue weighted by atomic mass is 10.1. The molecule has 0 aliphatic carbocycles. The summed E-state index contributed by atoms with van der Waals surface area (Å²) in [5, 5.41) is 6.15. The van der Waals surface area contributed by atoms with Crippen molar-refractivity contribution in [2.24, 2.45) is 4.99 Å². The number of benzene rings is 2. The van der Waals surface area contributed by atoms with Gasteiger partial charge in [-0.15, -0.1) is 24.0 Å². The average molecular weight is 532 g/mol. The first-order chi connectivity index (χ1) is 14.0. The van der Waals surface area contributed by atoms with Crippen LogP contribution in [0.15, 0.2) is 59.6 Å². The molecular formula is C21H27F2IN4O2. The molecule has 30 heavy (non-hydrogen) atoms. The van der Waals surface area contributed by atoms with E-state index in [4.69, 9.17) is 0 Å². The zero-order valence-corrected chi connectivity index (χ0v) is 19.3. The van der Waals surface area contributed by atoms with E-state index in [2.05, 4.69) is 20.4 Å². The number of nitrogens with one attached hydrogen (secondary N) is 2. The third-order valence-electron chi connectivity index (χ3n) is 4.05. The molecule has 0 aliphatic heterocycles. The van der Waals surface area contributed by atoms with Gasteiger partial charge in [0, 0.05) is 26.2 Å². The summed E-state index contributed by atoms with van der Waals surface area (Å²) in [6, 6.07) is 16.5. The number of carbonyl (C=O) groups excluding carboxylic acids is 1. The van der Waals surface area contributed by atoms with Gasteiger partial charge in [0.15, 0.2) is 5.96 Å². The molecule has 0 saturated heterocycles. The van der Waals surface area contributed by atoms with Gasteiger partial charge in [-0.1, -0.05) is 48.5 Å². The number of ether oxygens (including phenoxy) is 1. The Kier molecular flexibility index (Phi) is 11.7. The first kappa shape index (κ1) is 25.6. The van der Waals surface area contributed by atoms with E-state index in [1.165, 1.54) is 16.5 Å². The van der Waals surface area contributed by atoms with E-state index < -0.39 is 6.61 Å². The van der Waals surface area contributed by atoms with Gasteiger partial charge < -0.3 is 20.3 Å². The van der Waals surface area contributed by atoms with Crippen LogP contribution in [-0.2, 0) is 17.8 Å². The highest BCUT2D eigenvalue weighted by atomic mass is 127. The Morgan fingerprint density at radius 1 is 1.07 bits per heavy atom. The van der Waals surface area contributed by atoms with Crippen LogP contribution in [0.5, 0.6) is 5.75 Å². The summed E-state index contributed by atoms with van der Waals surface area (Å²) in [6.45, 7) is -2.11. The van der Waals surface area contributed by atoms with E-state index >= 15 is 0 Å². The maximum absolute atomic E-state index is 12.6. The second kappa shape index (κ2) is 13.7. The Morgan fingerprint density at radius 3 is 2.40 bits per heavy atom. The highest BCUT2D eigenvalue weighted by Crippen LogP contribution is 2.20. The maximum atomic E-state index is 12.6. The fourth-order valence-electron chi connectivity index (χ4n) is 2.47. The lowest BCUT2D eigenvalue weighted by Crippen LogP contribution is -2.43. The number of para-hydroxylation sites is 1. The quantitative estimate of drug-likeness (QED) is 0.296. The lowest BCUT2D eigenvalue weighted by molar-refractivity contribution is -0.127. The van der Waals surface area contributed by atoms with Crippen molar-refractivity contribution < 1.29 is 18.3 Å². The number of hydrogen-bond acceptors (Lipinski definition) is 3. The molecule has 0 atom stereocenters. The van der Waals surface area contributed by atoms with Crippen molar-refractivity contribution in [3.8, 4) is 5.75 Å². The average Bonchev–Trinajstić information content (AvgIpc) is 2.70. The fourth-order valence-corrected chi connectivity index (χ4v) is 2.47. The Balaban J connectivity index is 0.00000450. The molecule has 0 radical (unpaired) electrons. The number of alkyl halides is 2. The molecule has 2 N–H and O–H groups in total. The van der Waals surface area contributed by atoms with Gasteiger partial charge >= 0.3 is 6.61 Å². The van der Waals surface area contributed by atoms with Crippen LogP contribution in [0.25, 0.3) is 0 Å². The van der Waals surface area contributed by atoms with Crippen LogP contribution in [-0.4, -0.2) is 50.6 Å². The third kappa shape index (κ3) is 9.38. The SMILES string of the molecule is CN(C)C(=O)CNC(=NCc1ccccc1OC(F)F)NCCc1ccccc1.I. The molecule has 0 bridgehead atoms. The minimum Gasteiger partial charge on any atom is -0.434 e. The largest absolute Gasteiger partial charge is 0.434 e. The molecule has 0 fully saturated rings. The molecule has 0 spiro atoms. The second-order valence-electron chi connectivity index (χ2n) is 6.46. The second-order valence-corrected chi connectivity index (χ2v) is 6.46. The van der Waals surface area contributed by atoms with Crippen LogP contribution in [0.4, 0.5) is 8.78 Å². The van der Waals surface area contributed by atoms with Crippen molar-refractivity contribution in [1.82, 2.24) is 15.5 Å². The minimum absolute atomic E-state index is 0. The number of hydrogen-bond donors (Lipinski definition) is 2. The number of carbonyl (C=O) groups is 1. The van der Waals surface area contributed by atoms with Gasteiger partial charge in [-0.2, -0.15) is 8.78 Å². The summed E-state index contributed by atoms with van der Waals surface area (Å²) in [7, 11) is 3.34. The van der Waals surface area contributed by atoms with Crippen LogP contribution in [0.1, 0.15) is 11.1 Å². The van der Waals surface area contributed by atoms with Crippen molar-refractivity contribution in [3.05, 3.63) is 65.7 Å². The van der Waals surface area contributed by atoms with Crippen molar-refractivity contribution in [2.75, 3.05) is 27.2 Å². The van der Waals surface area contributed by atoms with Gasteiger partial charge in [-0.05, 0) is 18.1 Å². The van der Waals surface area contributed by atoms with Gasteiger partial charge in [0.2, 0.25) is 5.91 Å². The molecule has 0 aromatic heterocycles. The minimum atomic E-state index is -2.90. The molecule has 2 aromatic carbocycles. The van der Waals surface area contributed by atoms with Crippen molar-refractivity contribution in [1.29, 1.82) is 0 Å². The molecule has 2 aromatic rings. The number of amides is 1. The van der Waals surface area contributed by atoms with Gasteiger partial charge in [-0.25, -0.2) is 4.99 Å². The van der Waals surface area contributed by atoms with Crippen molar-refractivity contribution in [3.63, 3.8) is 0 Å². The van der Waals surface area contributed by atoms with Crippen LogP contribution in [0.3, 0.4) is 0 Å². The zero-order chi connectivity index (χ0) is 21.1. The maximum Gasteiger partial charge on any atom is 0.387 e. The number of aliphatic imine (C=N–C) groups is 1. The highest BCUT2D eigenvalue weighted by molar-refractivity contribution is 14.0. The predicted octanol–water partition coefficient (Wildman–Crippen LogP) is 3.27. The summed E-state index contributed by atoms with van der Waals surface area (Å²) in [5.74, 6) is 0.395. The highest BCUT2D eigenvalue weighted by Gasteiger charge is 2.10. The van der Waals surface area contributed by atoms with E-state index in [0.29, 0.717) is 18.1 Å². The van der Waals surface area contributed by atoms with Gasteiger partial charge in [0.1, 0.15) is 5.75 Å². The molecule has 2 rings (SSSR count). The molecule has 6 nitrogen and oxygen atoms in total. The topological polar surface area (TPSA) is 66.0 Å². The van der Waals surface area contributed by atoms with Gasteiger partial charge in [-0.3, -0.25) is 4.79 Å². The molecule has 9 heteroatoms. The molecule has 164 valence electrons. The monoisotopic (exact) mass is 532 g/mol. The Hall–Kier alpha value is -2.43. The number of rotatable bonds is 9. The molecular weight excluding hydrogens is 505 g/mol. The number of halogens is 3. The van der Waals surface area contributed by atoms with Crippen LogP contribution in [0, 0.1) is 0 Å². The summed E-state index contributed by atoms with van der Waals surface area (Å²) in [4.78, 5) is 17.8. The van der Waals surface area contributed by atoms with Crippen LogP contribution < -0.4 is 15.4 Å². The number of likely N-dealkylation sites (N-methyl/N-ethyl adjacent to an activating group) is 1. The predicted molar refractivity (Wildman–Crippen MR) is 124 cm³/mol. The third-order valence-corrected chi connectivity index (χ3v) is 4.05. The zero-order valence-electron chi connectivity index (χ0n) is 17.0. The molecule has 1 amide bonds. The summed E-state index contributed by atoms with van der Waals surface area (Å²) in [6.07, 6.45) is 0.772. The molecule has 0 aliphatic rings. The number of nitrogens with zero attached hydrogens (tertiary/aromatic N) is 2. The molecule has 0 saturated carbocycles. The number of guanidine groups is 1. The van der Waals surface area contributed by atoms with Crippen LogP contribution >= 0.6 is 24.0 Å². The molecule has 0 unspecified atom stereocenters. The van der Waals surface area contributed by atoms with Crippen LogP contribution in [0.2, 0.25) is 0 Å². The van der Waals surface area contributed by atoms with Gasteiger partial charge in [0.25, 0.3) is 0 Å². The van der Waals surface area contributed by atoms with E-state index in [1.54, 1.807) is 32.3 Å². The van der Waals surface area contributed by atoms with E-state index in [0.717, 1.165) is 6.42 Å². The smallest absolute Gasteiger partial charge is 0.387 e. The summed E-state index contributed by atoms with van der Waals surface area (Å²) >= 11 is 0. The Morgan fingerprint density at radius 2 is 1.73 bits per heavy atom. The van der Waals surface area contributed by atoms with E-state index in [-0.39, 0.29) is 48.7 Å². The first-order valence-corrected chi connectivity index (χ1v) is 9.24. The van der Waals surface area contributed by atoms with E-state index in [9.17, 15) is 13.6 Å². The Labute approximate surface area is 192 Å². The molecule has 0 heterocycles. The van der Waals surface area contributed by atoms with E-state index in [1.807, 2.05) is 30.3 Å².